The molecule has 0 saturated heterocycles. The summed E-state index contributed by atoms with van der Waals surface area (Å²) in [5.74, 6) is 1.29. The van der Waals surface area contributed by atoms with Gasteiger partial charge in [0.2, 0.25) is 0 Å². The van der Waals surface area contributed by atoms with Gasteiger partial charge in [0.25, 0.3) is 11.6 Å². The summed E-state index contributed by atoms with van der Waals surface area (Å²) in [7, 11) is 0. The number of nitro groups is 1. The molecule has 1 aromatic carbocycles. The fraction of sp³-hybridized carbons (Fsp3) is 0.417. The third-order valence-corrected chi connectivity index (χ3v) is 3.37. The Morgan fingerprint density at radius 3 is 2.89 bits per heavy atom. The van der Waals surface area contributed by atoms with E-state index < -0.39 is 4.92 Å². The van der Waals surface area contributed by atoms with Crippen LogP contribution in [0.5, 0.6) is 0 Å². The van der Waals surface area contributed by atoms with Crippen LogP contribution in [-0.4, -0.2) is 40.6 Å². The SMILES string of the molecule is O=C(NCCSCCCO)c1cccc([N+](=O)[O-])c1. The van der Waals surface area contributed by atoms with Crippen LogP contribution in [0, 0.1) is 10.1 Å². The highest BCUT2D eigenvalue weighted by Crippen LogP contribution is 2.12. The molecular formula is C12H16N2O4S. The first-order valence-electron chi connectivity index (χ1n) is 5.86. The molecule has 0 heterocycles. The van der Waals surface area contributed by atoms with Crippen molar-refractivity contribution in [2.24, 2.45) is 0 Å². The molecule has 7 heteroatoms. The molecule has 104 valence electrons. The van der Waals surface area contributed by atoms with Crippen LogP contribution in [0.25, 0.3) is 0 Å². The summed E-state index contributed by atoms with van der Waals surface area (Å²) in [6.45, 7) is 0.671. The lowest BCUT2D eigenvalue weighted by Gasteiger charge is -2.05. The van der Waals surface area contributed by atoms with Gasteiger partial charge in [0.1, 0.15) is 0 Å². The lowest BCUT2D eigenvalue weighted by atomic mass is 10.2. The summed E-state index contributed by atoms with van der Waals surface area (Å²) in [6.07, 6.45) is 0.740. The smallest absolute Gasteiger partial charge is 0.270 e. The Morgan fingerprint density at radius 1 is 1.42 bits per heavy atom. The minimum atomic E-state index is -0.526. The van der Waals surface area contributed by atoms with Crippen molar-refractivity contribution in [2.75, 3.05) is 24.7 Å². The Hall–Kier alpha value is -1.60. The second-order valence-electron chi connectivity index (χ2n) is 3.75. The van der Waals surface area contributed by atoms with Crippen LogP contribution in [0.4, 0.5) is 5.69 Å². The maximum atomic E-state index is 11.7. The second-order valence-corrected chi connectivity index (χ2v) is 4.98. The van der Waals surface area contributed by atoms with Crippen molar-refractivity contribution in [1.82, 2.24) is 5.32 Å². The molecule has 0 fully saturated rings. The van der Waals surface area contributed by atoms with Crippen molar-refractivity contribution < 1.29 is 14.8 Å². The fourth-order valence-corrected chi connectivity index (χ4v) is 2.15. The van der Waals surface area contributed by atoms with Crippen LogP contribution in [0.1, 0.15) is 16.8 Å². The van der Waals surface area contributed by atoms with Crippen LogP contribution in [0.15, 0.2) is 24.3 Å². The predicted octanol–water partition coefficient (Wildman–Crippen LogP) is 1.44. The molecule has 0 spiro atoms. The summed E-state index contributed by atoms with van der Waals surface area (Å²) >= 11 is 1.64. The van der Waals surface area contributed by atoms with Crippen molar-refractivity contribution in [3.63, 3.8) is 0 Å². The van der Waals surface area contributed by atoms with Gasteiger partial charge in [-0.3, -0.25) is 14.9 Å². The van der Waals surface area contributed by atoms with E-state index in [1.165, 1.54) is 18.2 Å². The number of non-ortho nitro benzene ring substituents is 1. The fourth-order valence-electron chi connectivity index (χ4n) is 1.37. The van der Waals surface area contributed by atoms with E-state index in [-0.39, 0.29) is 23.8 Å². The Balaban J connectivity index is 2.37. The van der Waals surface area contributed by atoms with Gasteiger partial charge < -0.3 is 10.4 Å². The molecule has 0 bridgehead atoms. The molecule has 1 aromatic rings. The van der Waals surface area contributed by atoms with E-state index in [2.05, 4.69) is 5.32 Å². The number of benzene rings is 1. The molecule has 2 N–H and O–H groups in total. The van der Waals surface area contributed by atoms with E-state index in [0.29, 0.717) is 6.54 Å². The Labute approximate surface area is 115 Å². The molecule has 0 aliphatic rings. The number of carbonyl (C=O) groups excluding carboxylic acids is 1. The topological polar surface area (TPSA) is 92.5 Å². The highest BCUT2D eigenvalue weighted by molar-refractivity contribution is 7.99. The lowest BCUT2D eigenvalue weighted by Crippen LogP contribution is -2.25. The molecule has 1 rings (SSSR count). The predicted molar refractivity (Wildman–Crippen MR) is 74.5 cm³/mol. The Bertz CT molecular complexity index is 439. The van der Waals surface area contributed by atoms with Crippen LogP contribution < -0.4 is 5.32 Å². The van der Waals surface area contributed by atoms with Gasteiger partial charge in [-0.1, -0.05) is 6.07 Å². The zero-order valence-corrected chi connectivity index (χ0v) is 11.2. The van der Waals surface area contributed by atoms with Crippen molar-refractivity contribution in [1.29, 1.82) is 0 Å². The first-order valence-corrected chi connectivity index (χ1v) is 7.02. The highest BCUT2D eigenvalue weighted by atomic mass is 32.2. The number of hydrogen-bond donors (Lipinski definition) is 2. The van der Waals surface area contributed by atoms with Crippen molar-refractivity contribution in [2.45, 2.75) is 6.42 Å². The number of aliphatic hydroxyl groups is 1. The molecule has 0 aromatic heterocycles. The molecule has 0 saturated carbocycles. The Morgan fingerprint density at radius 2 is 2.21 bits per heavy atom. The highest BCUT2D eigenvalue weighted by Gasteiger charge is 2.10. The van der Waals surface area contributed by atoms with Gasteiger partial charge in [-0.25, -0.2) is 0 Å². The molecule has 19 heavy (non-hydrogen) atoms. The summed E-state index contributed by atoms with van der Waals surface area (Å²) in [6, 6.07) is 5.64. The van der Waals surface area contributed by atoms with Gasteiger partial charge in [-0.2, -0.15) is 11.8 Å². The third-order valence-electron chi connectivity index (χ3n) is 2.30. The minimum Gasteiger partial charge on any atom is -0.396 e. The normalized spacial score (nSPS) is 10.2. The van der Waals surface area contributed by atoms with E-state index >= 15 is 0 Å². The van der Waals surface area contributed by atoms with Gasteiger partial charge in [0.15, 0.2) is 0 Å². The summed E-state index contributed by atoms with van der Waals surface area (Å²) in [5.41, 5.74) is 0.194. The van der Waals surface area contributed by atoms with E-state index in [1.54, 1.807) is 17.8 Å². The molecule has 0 atom stereocenters. The standard InChI is InChI=1S/C12H16N2O4S/c15-6-2-7-19-8-5-13-12(16)10-3-1-4-11(9-10)14(17)18/h1,3-4,9,15H,2,5-8H2,(H,13,16). The maximum absolute atomic E-state index is 11.7. The molecular weight excluding hydrogens is 268 g/mol. The molecule has 0 aliphatic heterocycles. The lowest BCUT2D eigenvalue weighted by molar-refractivity contribution is -0.384. The number of carbonyl (C=O) groups is 1. The number of nitrogens with zero attached hydrogens (tertiary/aromatic N) is 1. The minimum absolute atomic E-state index is 0.0926. The molecule has 0 unspecified atom stereocenters. The number of nitro benzene ring substituents is 1. The largest absolute Gasteiger partial charge is 0.396 e. The summed E-state index contributed by atoms with van der Waals surface area (Å²) < 4.78 is 0. The summed E-state index contributed by atoms with van der Waals surface area (Å²) in [5, 5.41) is 21.9. The monoisotopic (exact) mass is 284 g/mol. The number of rotatable bonds is 8. The third kappa shape index (κ3) is 5.71. The van der Waals surface area contributed by atoms with Crippen LogP contribution in [0.3, 0.4) is 0 Å². The van der Waals surface area contributed by atoms with Crippen LogP contribution >= 0.6 is 11.8 Å². The average Bonchev–Trinajstić information content (AvgIpc) is 2.42. The van der Waals surface area contributed by atoms with Crippen LogP contribution in [-0.2, 0) is 0 Å². The zero-order valence-electron chi connectivity index (χ0n) is 10.4. The van der Waals surface area contributed by atoms with E-state index in [0.717, 1.165) is 17.9 Å². The molecule has 6 nitrogen and oxygen atoms in total. The molecule has 0 radical (unpaired) electrons. The number of thioether (sulfide) groups is 1. The maximum Gasteiger partial charge on any atom is 0.270 e. The summed E-state index contributed by atoms with van der Waals surface area (Å²) in [4.78, 5) is 21.8. The number of amides is 1. The Kier molecular flexibility index (Phi) is 6.91. The zero-order chi connectivity index (χ0) is 14.1. The van der Waals surface area contributed by atoms with Gasteiger partial charge in [-0.15, -0.1) is 0 Å². The van der Waals surface area contributed by atoms with E-state index in [9.17, 15) is 14.9 Å². The van der Waals surface area contributed by atoms with Crippen molar-refractivity contribution in [3.8, 4) is 0 Å². The molecule has 1 amide bonds. The number of aliphatic hydroxyl groups excluding tert-OH is 1. The number of nitrogens with one attached hydrogen (secondary N) is 1. The second kappa shape index (κ2) is 8.49. The molecule has 0 aliphatic carbocycles. The van der Waals surface area contributed by atoms with Crippen molar-refractivity contribution >= 4 is 23.4 Å². The first kappa shape index (κ1) is 15.5. The average molecular weight is 284 g/mol. The van der Waals surface area contributed by atoms with E-state index in [4.69, 9.17) is 5.11 Å². The number of hydrogen-bond acceptors (Lipinski definition) is 5. The van der Waals surface area contributed by atoms with Gasteiger partial charge in [0, 0.05) is 36.6 Å². The van der Waals surface area contributed by atoms with Crippen LogP contribution in [0.2, 0.25) is 0 Å². The van der Waals surface area contributed by atoms with Gasteiger partial charge in [0.05, 0.1) is 4.92 Å². The van der Waals surface area contributed by atoms with Crippen molar-refractivity contribution in [3.05, 3.63) is 39.9 Å². The van der Waals surface area contributed by atoms with E-state index in [1.807, 2.05) is 0 Å². The van der Waals surface area contributed by atoms with Gasteiger partial charge in [-0.05, 0) is 18.2 Å². The first-order chi connectivity index (χ1) is 9.15. The quantitative estimate of drug-likeness (QED) is 0.428. The van der Waals surface area contributed by atoms with Gasteiger partial charge >= 0.3 is 0 Å².